The van der Waals surface area contributed by atoms with Crippen molar-refractivity contribution in [3.05, 3.63) is 85.1 Å². The van der Waals surface area contributed by atoms with Crippen LogP contribution in [0.5, 0.6) is 0 Å². The lowest BCUT2D eigenvalue weighted by Gasteiger charge is -2.18. The minimum Gasteiger partial charge on any atom is -0.462 e. The average molecular weight is 1090 g/mol. The van der Waals surface area contributed by atoms with Crippen molar-refractivity contribution in [3.63, 3.8) is 0 Å². The van der Waals surface area contributed by atoms with Crippen LogP contribution in [-0.2, 0) is 28.6 Å². The molecule has 1 atom stereocenters. The van der Waals surface area contributed by atoms with Crippen LogP contribution in [0.1, 0.15) is 335 Å². The van der Waals surface area contributed by atoms with Crippen LogP contribution in [-0.4, -0.2) is 37.2 Å². The minimum atomic E-state index is -0.784. The van der Waals surface area contributed by atoms with Gasteiger partial charge in [-0.15, -0.1) is 0 Å². The molecule has 6 heteroatoms. The maximum atomic E-state index is 12.9. The van der Waals surface area contributed by atoms with E-state index in [9.17, 15) is 14.4 Å². The zero-order chi connectivity index (χ0) is 56.4. The number of carbonyl (C=O) groups is 3. The van der Waals surface area contributed by atoms with Crippen LogP contribution in [0.4, 0.5) is 0 Å². The van der Waals surface area contributed by atoms with Gasteiger partial charge in [-0.25, -0.2) is 0 Å². The summed E-state index contributed by atoms with van der Waals surface area (Å²) in [7, 11) is 0. The number of hydrogen-bond donors (Lipinski definition) is 0. The van der Waals surface area contributed by atoms with Crippen molar-refractivity contribution >= 4 is 17.9 Å². The van der Waals surface area contributed by atoms with E-state index in [1.54, 1.807) is 0 Å². The predicted molar refractivity (Wildman–Crippen MR) is 339 cm³/mol. The van der Waals surface area contributed by atoms with E-state index in [0.717, 1.165) is 109 Å². The fourth-order valence-electron chi connectivity index (χ4n) is 9.59. The van der Waals surface area contributed by atoms with Crippen molar-refractivity contribution in [3.8, 4) is 0 Å². The molecule has 0 aliphatic rings. The van der Waals surface area contributed by atoms with E-state index in [0.29, 0.717) is 19.3 Å². The Hall–Kier alpha value is -3.41. The molecule has 0 aromatic rings. The Morgan fingerprint density at radius 3 is 0.846 bits per heavy atom. The Bertz CT molecular complexity index is 1480. The van der Waals surface area contributed by atoms with Crippen LogP contribution in [0.25, 0.3) is 0 Å². The number of rotatable bonds is 61. The third kappa shape index (κ3) is 63.4. The van der Waals surface area contributed by atoms with Crippen molar-refractivity contribution in [1.82, 2.24) is 0 Å². The molecule has 0 spiro atoms. The normalized spacial score (nSPS) is 12.6. The maximum Gasteiger partial charge on any atom is 0.306 e. The van der Waals surface area contributed by atoms with Crippen LogP contribution >= 0.6 is 0 Å². The number of ether oxygens (including phenoxy) is 3. The number of unbranched alkanes of at least 4 members (excludes halogenated alkanes) is 36. The molecular formula is C72H126O6. The molecule has 450 valence electrons. The molecule has 0 heterocycles. The van der Waals surface area contributed by atoms with Gasteiger partial charge in [-0.2, -0.15) is 0 Å². The van der Waals surface area contributed by atoms with Gasteiger partial charge in [0.25, 0.3) is 0 Å². The first-order valence-corrected chi connectivity index (χ1v) is 33.6. The summed E-state index contributed by atoms with van der Waals surface area (Å²) in [4.78, 5) is 38.3. The highest BCUT2D eigenvalue weighted by Crippen LogP contribution is 2.17. The molecule has 78 heavy (non-hydrogen) atoms. The van der Waals surface area contributed by atoms with Crippen molar-refractivity contribution in [2.45, 2.75) is 341 Å². The summed E-state index contributed by atoms with van der Waals surface area (Å²) in [6, 6.07) is 0. The van der Waals surface area contributed by atoms with Gasteiger partial charge in [-0.05, 0) is 109 Å². The lowest BCUT2D eigenvalue weighted by molar-refractivity contribution is -0.167. The first kappa shape index (κ1) is 74.6. The summed E-state index contributed by atoms with van der Waals surface area (Å²) in [5.41, 5.74) is 0. The third-order valence-corrected chi connectivity index (χ3v) is 14.6. The van der Waals surface area contributed by atoms with E-state index >= 15 is 0 Å². The Labute approximate surface area is 484 Å². The zero-order valence-corrected chi connectivity index (χ0v) is 51.7. The first-order chi connectivity index (χ1) is 38.5. The molecule has 0 N–H and O–H groups in total. The summed E-state index contributed by atoms with van der Waals surface area (Å²) in [5.74, 6) is -0.884. The second-order valence-corrected chi connectivity index (χ2v) is 22.3. The average Bonchev–Trinajstić information content (AvgIpc) is 3.44. The number of esters is 3. The second-order valence-electron chi connectivity index (χ2n) is 22.3. The van der Waals surface area contributed by atoms with Gasteiger partial charge in [-0.3, -0.25) is 14.4 Å². The van der Waals surface area contributed by atoms with Gasteiger partial charge < -0.3 is 14.2 Å². The van der Waals surface area contributed by atoms with Crippen LogP contribution in [0, 0.1) is 0 Å². The minimum absolute atomic E-state index is 0.0800. The standard InChI is InChI=1S/C72H126O6/c1-4-7-10-13-16-19-22-25-27-29-31-32-33-34-35-36-37-38-39-40-41-43-44-47-50-53-56-59-62-65-71(74)77-68-69(67-76-70(73)64-61-58-55-52-49-46-24-21-18-15-12-9-6-3)78-72(75)66-63-60-57-54-51-48-45-42-30-28-26-23-20-17-14-11-8-5-2/h7,10,12,15-16,19,21,24-25,27-28,30-32,69H,4-6,8-9,11,13-14,17-18,20,22-23,26,29,33-68H2,1-3H3/b10-7-,15-12-,19-16-,24-21-,27-25-,30-28-,32-31-. The first-order valence-electron chi connectivity index (χ1n) is 33.6. The number of hydrogen-bond acceptors (Lipinski definition) is 6. The van der Waals surface area contributed by atoms with Crippen molar-refractivity contribution < 1.29 is 28.6 Å². The molecule has 0 bridgehead atoms. The van der Waals surface area contributed by atoms with Gasteiger partial charge in [0.15, 0.2) is 6.10 Å². The molecule has 0 saturated carbocycles. The van der Waals surface area contributed by atoms with Crippen LogP contribution in [0.15, 0.2) is 85.1 Å². The van der Waals surface area contributed by atoms with Crippen molar-refractivity contribution in [2.24, 2.45) is 0 Å². The summed E-state index contributed by atoms with van der Waals surface area (Å²) in [6.45, 7) is 6.48. The Morgan fingerprint density at radius 1 is 0.269 bits per heavy atom. The lowest BCUT2D eigenvalue weighted by Crippen LogP contribution is -2.30. The molecular weight excluding hydrogens is 961 g/mol. The van der Waals surface area contributed by atoms with E-state index < -0.39 is 6.10 Å². The SMILES string of the molecule is CC/C=C\C/C=C\C/C=C\C/C=C\CCCCCCCCCCCCCCCCCCC(=O)OCC(COC(=O)CCCCCCC/C=C\C/C=C\CCC)OC(=O)CCCCCCCCC/C=C\CCCCCCCCC. The van der Waals surface area contributed by atoms with Crippen LogP contribution in [0.2, 0.25) is 0 Å². The fraction of sp³-hybridized carbons (Fsp3) is 0.764. The molecule has 0 aliphatic heterocycles. The highest BCUT2D eigenvalue weighted by Gasteiger charge is 2.19. The Morgan fingerprint density at radius 2 is 0.526 bits per heavy atom. The topological polar surface area (TPSA) is 78.9 Å². The molecule has 0 aliphatic carbocycles. The van der Waals surface area contributed by atoms with Gasteiger partial charge in [0.1, 0.15) is 13.2 Å². The van der Waals surface area contributed by atoms with Gasteiger partial charge >= 0.3 is 17.9 Å². The Kier molecular flexibility index (Phi) is 63.2. The maximum absolute atomic E-state index is 12.9. The quantitative estimate of drug-likeness (QED) is 0.0261. The molecule has 0 rings (SSSR count). The Balaban J connectivity index is 4.23. The molecule has 0 saturated heterocycles. The highest BCUT2D eigenvalue weighted by molar-refractivity contribution is 5.71. The second kappa shape index (κ2) is 66.1. The smallest absolute Gasteiger partial charge is 0.306 e. The molecule has 0 aromatic heterocycles. The summed E-state index contributed by atoms with van der Waals surface area (Å²) >= 11 is 0. The van der Waals surface area contributed by atoms with E-state index in [2.05, 4.69) is 106 Å². The molecule has 0 amide bonds. The number of allylic oxidation sites excluding steroid dienone is 14. The predicted octanol–water partition coefficient (Wildman–Crippen LogP) is 23.1. The molecule has 0 radical (unpaired) electrons. The molecule has 1 unspecified atom stereocenters. The zero-order valence-electron chi connectivity index (χ0n) is 51.7. The molecule has 0 aromatic carbocycles. The lowest BCUT2D eigenvalue weighted by atomic mass is 10.0. The third-order valence-electron chi connectivity index (χ3n) is 14.6. The van der Waals surface area contributed by atoms with Gasteiger partial charge in [-0.1, -0.05) is 292 Å². The highest BCUT2D eigenvalue weighted by atomic mass is 16.6. The fourth-order valence-corrected chi connectivity index (χ4v) is 9.59. The summed E-state index contributed by atoms with van der Waals surface area (Å²) in [5, 5.41) is 0. The van der Waals surface area contributed by atoms with Crippen molar-refractivity contribution in [2.75, 3.05) is 13.2 Å². The van der Waals surface area contributed by atoms with Gasteiger partial charge in [0.2, 0.25) is 0 Å². The van der Waals surface area contributed by atoms with Crippen LogP contribution < -0.4 is 0 Å². The van der Waals surface area contributed by atoms with Gasteiger partial charge in [0.05, 0.1) is 0 Å². The number of carbonyl (C=O) groups excluding carboxylic acids is 3. The summed E-state index contributed by atoms with van der Waals surface area (Å²) < 4.78 is 16.9. The summed E-state index contributed by atoms with van der Waals surface area (Å²) in [6.07, 6.45) is 87.5. The monoisotopic (exact) mass is 1090 g/mol. The van der Waals surface area contributed by atoms with Crippen molar-refractivity contribution in [1.29, 1.82) is 0 Å². The molecule has 0 fully saturated rings. The van der Waals surface area contributed by atoms with Crippen LogP contribution in [0.3, 0.4) is 0 Å². The van der Waals surface area contributed by atoms with E-state index in [1.165, 1.54) is 186 Å². The van der Waals surface area contributed by atoms with Gasteiger partial charge in [0, 0.05) is 19.3 Å². The van der Waals surface area contributed by atoms with E-state index in [4.69, 9.17) is 14.2 Å². The molecule has 6 nitrogen and oxygen atoms in total. The largest absolute Gasteiger partial charge is 0.462 e. The van der Waals surface area contributed by atoms with E-state index in [1.807, 2.05) is 0 Å². The van der Waals surface area contributed by atoms with E-state index in [-0.39, 0.29) is 31.1 Å².